The summed E-state index contributed by atoms with van der Waals surface area (Å²) in [5, 5.41) is 23.0. The first-order chi connectivity index (χ1) is 29.3. The van der Waals surface area contributed by atoms with Crippen molar-refractivity contribution in [1.82, 2.24) is 25.1 Å². The average Bonchev–Trinajstić information content (AvgIpc) is 3.93. The minimum absolute atomic E-state index is 0.0137. The van der Waals surface area contributed by atoms with Crippen molar-refractivity contribution in [2.45, 2.75) is 51.5 Å². The van der Waals surface area contributed by atoms with Gasteiger partial charge < -0.3 is 15.0 Å². The van der Waals surface area contributed by atoms with E-state index in [0.29, 0.717) is 57.4 Å². The zero-order chi connectivity index (χ0) is 43.2. The Morgan fingerprint density at radius 1 is 0.967 bits per heavy atom. The maximum Gasteiger partial charge on any atom is 0.308 e. The van der Waals surface area contributed by atoms with Gasteiger partial charge in [-0.15, -0.1) is 21.5 Å². The molecule has 4 heterocycles. The zero-order valence-electron chi connectivity index (χ0n) is 33.8. The molecule has 4 aromatic carbocycles. The van der Waals surface area contributed by atoms with Crippen LogP contribution in [0.1, 0.15) is 72.7 Å². The Morgan fingerprint density at radius 3 is 2.39 bits per heavy atom. The van der Waals surface area contributed by atoms with Crippen molar-refractivity contribution in [2.75, 3.05) is 18.4 Å². The molecule has 0 spiro atoms. The van der Waals surface area contributed by atoms with E-state index in [2.05, 4.69) is 45.1 Å². The minimum Gasteiger partial charge on any atom is -0.469 e. The molecule has 1 amide bonds. The molecule has 1 aliphatic heterocycles. The predicted octanol–water partition coefficient (Wildman–Crippen LogP) is 8.46. The first-order valence-electron chi connectivity index (χ1n) is 19.3. The van der Waals surface area contributed by atoms with Gasteiger partial charge in [0.15, 0.2) is 5.82 Å². The molecule has 13 nitrogen and oxygen atoms in total. The van der Waals surface area contributed by atoms with Crippen molar-refractivity contribution in [3.8, 4) is 22.2 Å². The molecule has 7 aromatic rings. The van der Waals surface area contributed by atoms with E-state index in [4.69, 9.17) is 21.3 Å². The Morgan fingerprint density at radius 2 is 1.69 bits per heavy atom. The van der Waals surface area contributed by atoms with Crippen LogP contribution in [0.5, 0.6) is 0 Å². The highest BCUT2D eigenvalue weighted by Gasteiger charge is 2.32. The highest BCUT2D eigenvalue weighted by atomic mass is 35.5. The minimum atomic E-state index is -3.93. The predicted molar refractivity (Wildman–Crippen MR) is 236 cm³/mol. The lowest BCUT2D eigenvalue weighted by atomic mass is 9.96. The van der Waals surface area contributed by atoms with Crippen molar-refractivity contribution in [2.24, 2.45) is 4.99 Å². The Balaban J connectivity index is 0.932. The third-order valence-electron chi connectivity index (χ3n) is 10.9. The molecule has 61 heavy (non-hydrogen) atoms. The maximum atomic E-state index is 13.3. The van der Waals surface area contributed by atoms with Gasteiger partial charge in [-0.2, -0.15) is 5.26 Å². The molecule has 3 N–H and O–H groups in total. The van der Waals surface area contributed by atoms with E-state index in [1.165, 1.54) is 19.2 Å². The second-order valence-electron chi connectivity index (χ2n) is 14.7. The summed E-state index contributed by atoms with van der Waals surface area (Å²) in [6.45, 7) is 8.19. The fourth-order valence-corrected chi connectivity index (χ4v) is 10.1. The second-order valence-corrected chi connectivity index (χ2v) is 18.0. The number of aromatic nitrogens is 4. The van der Waals surface area contributed by atoms with Gasteiger partial charge in [0, 0.05) is 34.1 Å². The summed E-state index contributed by atoms with van der Waals surface area (Å²) >= 11 is 8.33. The fourth-order valence-electron chi connectivity index (χ4n) is 7.51. The molecular formula is C45H39ClN8O5S2. The molecule has 0 saturated heterocycles. The van der Waals surface area contributed by atoms with Crippen LogP contribution in [0.15, 0.2) is 94.9 Å². The van der Waals surface area contributed by atoms with Gasteiger partial charge in [-0.1, -0.05) is 60.1 Å². The van der Waals surface area contributed by atoms with E-state index in [1.54, 1.807) is 53.9 Å². The Hall–Kier alpha value is -6.60. The van der Waals surface area contributed by atoms with Crippen LogP contribution in [-0.2, 0) is 26.0 Å². The number of carbonyl (C=O) groups is 2. The molecule has 8 rings (SSSR count). The Bertz CT molecular complexity index is 3070. The number of fused-ring (bicyclic) bond motifs is 4. The number of nitrogens with zero attached hydrogens (tertiary/aromatic N) is 5. The number of esters is 1. The number of amides is 1. The summed E-state index contributed by atoms with van der Waals surface area (Å²) < 4.78 is 36.2. The lowest BCUT2D eigenvalue weighted by Crippen LogP contribution is -2.26. The summed E-state index contributed by atoms with van der Waals surface area (Å²) in [6, 6.07) is 24.6. The fraction of sp³-hybridized carbons (Fsp3) is 0.200. The molecule has 0 saturated carbocycles. The number of rotatable bonds is 11. The van der Waals surface area contributed by atoms with Crippen LogP contribution in [0.2, 0.25) is 5.02 Å². The van der Waals surface area contributed by atoms with Gasteiger partial charge in [0.2, 0.25) is 0 Å². The molecule has 1 atom stereocenters. The van der Waals surface area contributed by atoms with Gasteiger partial charge in [-0.3, -0.25) is 23.9 Å². The monoisotopic (exact) mass is 870 g/mol. The number of H-pyrrole nitrogens is 1. The normalized spacial score (nSPS) is 13.5. The number of carbonyl (C=O) groups excluding carboxylic acids is 2. The lowest BCUT2D eigenvalue weighted by molar-refractivity contribution is -0.141. The van der Waals surface area contributed by atoms with Crippen molar-refractivity contribution < 1.29 is 22.7 Å². The van der Waals surface area contributed by atoms with Crippen LogP contribution < -0.4 is 10.0 Å². The van der Waals surface area contributed by atoms with Crippen LogP contribution in [0.4, 0.5) is 5.69 Å². The number of aromatic amines is 1. The molecule has 0 unspecified atom stereocenters. The van der Waals surface area contributed by atoms with Gasteiger partial charge in [0.25, 0.3) is 15.9 Å². The van der Waals surface area contributed by atoms with Gasteiger partial charge in [0.1, 0.15) is 22.9 Å². The molecule has 0 fully saturated rings. The number of sulfonamides is 1. The molecular weight excluding hydrogens is 832 g/mol. The van der Waals surface area contributed by atoms with E-state index in [-0.39, 0.29) is 17.2 Å². The van der Waals surface area contributed by atoms with Gasteiger partial charge >= 0.3 is 5.97 Å². The number of methoxy groups -OCH3 is 1. The molecule has 0 bridgehead atoms. The van der Waals surface area contributed by atoms with Crippen LogP contribution in [0.25, 0.3) is 27.0 Å². The SMILES string of the molecule is COC(=O)C[C@@H]1N=C(c2ccc(-c3ccc(C(=O)NCCc4ccc(S(=O)(=O)Nc5ccc(C)c6c(C#N)c[nH]c56)cc4)c(Cl)c3)cc2)c2c(sc(C)c2C)-n2c(C)nnc21. The van der Waals surface area contributed by atoms with Crippen LogP contribution in [0.3, 0.4) is 0 Å². The van der Waals surface area contributed by atoms with Crippen molar-refractivity contribution in [1.29, 1.82) is 5.26 Å². The van der Waals surface area contributed by atoms with Gasteiger partial charge in [0.05, 0.1) is 51.5 Å². The van der Waals surface area contributed by atoms with E-state index in [9.17, 15) is 23.3 Å². The van der Waals surface area contributed by atoms with Crippen LogP contribution >= 0.6 is 22.9 Å². The smallest absolute Gasteiger partial charge is 0.308 e. The number of benzene rings is 4. The number of nitrogens with one attached hydrogen (secondary N) is 3. The third-order valence-corrected chi connectivity index (χ3v) is 13.8. The first-order valence-corrected chi connectivity index (χ1v) is 21.9. The van der Waals surface area contributed by atoms with E-state index in [0.717, 1.165) is 54.5 Å². The average molecular weight is 871 g/mol. The van der Waals surface area contributed by atoms with E-state index < -0.39 is 22.0 Å². The van der Waals surface area contributed by atoms with Crippen molar-refractivity contribution in [3.05, 3.63) is 146 Å². The number of aryl methyl sites for hydroxylation is 3. The van der Waals surface area contributed by atoms with Crippen LogP contribution in [-0.4, -0.2) is 59.4 Å². The number of anilines is 1. The van der Waals surface area contributed by atoms with E-state index in [1.807, 2.05) is 48.7 Å². The molecule has 0 radical (unpaired) electrons. The summed E-state index contributed by atoms with van der Waals surface area (Å²) in [4.78, 5) is 35.1. The highest BCUT2D eigenvalue weighted by Crippen LogP contribution is 2.40. The second kappa shape index (κ2) is 16.5. The molecule has 16 heteroatoms. The number of ether oxygens (including phenoxy) is 1. The van der Waals surface area contributed by atoms with Gasteiger partial charge in [-0.05, 0) is 92.3 Å². The number of halogens is 1. The zero-order valence-corrected chi connectivity index (χ0v) is 36.1. The summed E-state index contributed by atoms with van der Waals surface area (Å²) in [5.74, 6) is 0.562. The number of thiophene rings is 1. The molecule has 3 aromatic heterocycles. The summed E-state index contributed by atoms with van der Waals surface area (Å²) in [5.41, 5.74) is 8.71. The third kappa shape index (κ3) is 7.81. The summed E-state index contributed by atoms with van der Waals surface area (Å²) in [7, 11) is -2.57. The Labute approximate surface area is 361 Å². The van der Waals surface area contributed by atoms with E-state index >= 15 is 0 Å². The highest BCUT2D eigenvalue weighted by molar-refractivity contribution is 7.92. The number of nitriles is 1. The lowest BCUT2D eigenvalue weighted by Gasteiger charge is -2.13. The Kier molecular flexibility index (Phi) is 11.1. The van der Waals surface area contributed by atoms with Crippen molar-refractivity contribution in [3.63, 3.8) is 0 Å². The molecule has 1 aliphatic rings. The number of hydrogen-bond donors (Lipinski definition) is 3. The topological polar surface area (TPSA) is 184 Å². The molecule has 0 aliphatic carbocycles. The standard InChI is InChI=1S/C45H39ClN8O5S2/c1-24-6-17-36(42-39(24)32(22-47)23-49-42)53-61(57,58)33-14-7-28(8-15-33)18-19-48-44(56)34-16-13-31(20-35(34)46)29-9-11-30(12-10-29)41-40-25(2)26(3)60-45(40)54-27(4)51-52-43(54)37(50-41)21-38(55)59-5/h6-17,20,23,37,49,53H,18-19,21H2,1-5H3,(H,48,56)/t37-/m0/s1. The first kappa shape index (κ1) is 41.1. The maximum absolute atomic E-state index is 13.3. The van der Waals surface area contributed by atoms with Gasteiger partial charge in [-0.25, -0.2) is 8.42 Å². The quantitative estimate of drug-likeness (QED) is 0.108. The number of aliphatic imine (C=N–C) groups is 1. The molecule has 308 valence electrons. The summed E-state index contributed by atoms with van der Waals surface area (Å²) in [6.07, 6.45) is 2.03. The van der Waals surface area contributed by atoms with Crippen LogP contribution in [0, 0.1) is 39.0 Å². The number of hydrogen-bond acceptors (Lipinski definition) is 10. The largest absolute Gasteiger partial charge is 0.469 e. The van der Waals surface area contributed by atoms with Crippen molar-refractivity contribution >= 4 is 67.1 Å².